The lowest BCUT2D eigenvalue weighted by atomic mass is 10.1. The molecule has 9 heteroatoms. The zero-order chi connectivity index (χ0) is 19.6. The first-order chi connectivity index (χ1) is 12.8. The first-order valence-corrected chi connectivity index (χ1v) is 10.6. The van der Waals surface area contributed by atoms with Crippen molar-refractivity contribution in [2.24, 2.45) is 0 Å². The van der Waals surface area contributed by atoms with Crippen LogP contribution in [0.25, 0.3) is 0 Å². The van der Waals surface area contributed by atoms with Crippen molar-refractivity contribution in [3.05, 3.63) is 29.8 Å². The Balaban J connectivity index is 1.71. The Morgan fingerprint density at radius 1 is 1.04 bits per heavy atom. The molecule has 3 rings (SSSR count). The average Bonchev–Trinajstić information content (AvgIpc) is 2.68. The van der Waals surface area contributed by atoms with Crippen LogP contribution in [-0.4, -0.2) is 86.2 Å². The molecule has 1 N–H and O–H groups in total. The molecule has 148 valence electrons. The maximum Gasteiger partial charge on any atom is 0.254 e. The molecule has 27 heavy (non-hydrogen) atoms. The van der Waals surface area contributed by atoms with Gasteiger partial charge in [0.15, 0.2) is 0 Å². The van der Waals surface area contributed by atoms with Gasteiger partial charge in [-0.1, -0.05) is 0 Å². The van der Waals surface area contributed by atoms with Crippen LogP contribution in [0.15, 0.2) is 29.2 Å². The van der Waals surface area contributed by atoms with Gasteiger partial charge in [-0.15, -0.1) is 0 Å². The molecule has 1 aromatic carbocycles. The van der Waals surface area contributed by atoms with Crippen LogP contribution < -0.4 is 5.32 Å². The van der Waals surface area contributed by atoms with Crippen LogP contribution in [0.4, 0.5) is 0 Å². The Morgan fingerprint density at radius 3 is 2.22 bits per heavy atom. The fraction of sp³-hybridized carbons (Fsp3) is 0.556. The SMILES string of the molecule is CC(=O)N1CCN(S(=O)(=O)c2ccc(C(=O)N3CCNCC3C)cc2)CC1. The minimum absolute atomic E-state index is 0.0444. The van der Waals surface area contributed by atoms with Crippen molar-refractivity contribution in [2.45, 2.75) is 24.8 Å². The summed E-state index contributed by atoms with van der Waals surface area (Å²) in [6.45, 7) is 6.97. The predicted molar refractivity (Wildman–Crippen MR) is 101 cm³/mol. The number of nitrogens with zero attached hydrogens (tertiary/aromatic N) is 3. The highest BCUT2D eigenvalue weighted by Gasteiger charge is 2.30. The van der Waals surface area contributed by atoms with E-state index in [1.807, 2.05) is 6.92 Å². The second kappa shape index (κ2) is 7.95. The van der Waals surface area contributed by atoms with Crippen molar-refractivity contribution in [1.82, 2.24) is 19.4 Å². The number of sulfonamides is 1. The van der Waals surface area contributed by atoms with Crippen LogP contribution in [0.1, 0.15) is 24.2 Å². The Labute approximate surface area is 160 Å². The van der Waals surface area contributed by atoms with Crippen LogP contribution in [0.3, 0.4) is 0 Å². The van der Waals surface area contributed by atoms with Gasteiger partial charge in [-0.3, -0.25) is 9.59 Å². The van der Waals surface area contributed by atoms with E-state index in [2.05, 4.69) is 5.32 Å². The van der Waals surface area contributed by atoms with Crippen LogP contribution in [0.2, 0.25) is 0 Å². The first-order valence-electron chi connectivity index (χ1n) is 9.18. The van der Waals surface area contributed by atoms with Gasteiger partial charge in [0.2, 0.25) is 15.9 Å². The van der Waals surface area contributed by atoms with Gasteiger partial charge in [0.1, 0.15) is 0 Å². The lowest BCUT2D eigenvalue weighted by Gasteiger charge is -2.34. The molecule has 0 aliphatic carbocycles. The largest absolute Gasteiger partial charge is 0.340 e. The fourth-order valence-corrected chi connectivity index (χ4v) is 4.89. The highest BCUT2D eigenvalue weighted by atomic mass is 32.2. The van der Waals surface area contributed by atoms with Crippen molar-refractivity contribution in [1.29, 1.82) is 0 Å². The summed E-state index contributed by atoms with van der Waals surface area (Å²) < 4.78 is 27.0. The third-order valence-electron chi connectivity index (χ3n) is 5.19. The zero-order valence-electron chi connectivity index (χ0n) is 15.7. The lowest BCUT2D eigenvalue weighted by molar-refractivity contribution is -0.129. The quantitative estimate of drug-likeness (QED) is 0.778. The monoisotopic (exact) mass is 394 g/mol. The molecule has 0 aromatic heterocycles. The summed E-state index contributed by atoms with van der Waals surface area (Å²) in [6, 6.07) is 6.25. The van der Waals surface area contributed by atoms with Gasteiger partial charge in [-0.05, 0) is 31.2 Å². The molecule has 1 atom stereocenters. The number of carbonyl (C=O) groups is 2. The van der Waals surface area contributed by atoms with E-state index >= 15 is 0 Å². The standard InChI is InChI=1S/C18H26N4O4S/c1-14-13-19-7-8-22(14)18(24)16-3-5-17(6-4-16)27(25,26)21-11-9-20(10-12-21)15(2)23/h3-6,14,19H,7-13H2,1-2H3. The summed E-state index contributed by atoms with van der Waals surface area (Å²) in [7, 11) is -3.63. The summed E-state index contributed by atoms with van der Waals surface area (Å²) in [5, 5.41) is 3.24. The Bertz CT molecular complexity index is 801. The van der Waals surface area contributed by atoms with Gasteiger partial charge in [-0.25, -0.2) is 8.42 Å². The average molecular weight is 394 g/mol. The molecule has 0 spiro atoms. The van der Waals surface area contributed by atoms with E-state index in [0.29, 0.717) is 25.2 Å². The molecule has 2 amide bonds. The number of nitrogens with one attached hydrogen (secondary N) is 1. The number of rotatable bonds is 3. The molecule has 0 radical (unpaired) electrons. The third-order valence-corrected chi connectivity index (χ3v) is 7.10. The lowest BCUT2D eigenvalue weighted by Crippen LogP contribution is -2.52. The van der Waals surface area contributed by atoms with E-state index in [1.165, 1.54) is 23.4 Å². The molecule has 2 fully saturated rings. The first kappa shape index (κ1) is 19.8. The van der Waals surface area contributed by atoms with Gasteiger partial charge in [0.25, 0.3) is 5.91 Å². The van der Waals surface area contributed by atoms with Gasteiger partial charge in [0.05, 0.1) is 4.90 Å². The van der Waals surface area contributed by atoms with Gasteiger partial charge in [0, 0.05) is 64.3 Å². The van der Waals surface area contributed by atoms with Gasteiger partial charge < -0.3 is 15.1 Å². The number of hydrogen-bond donors (Lipinski definition) is 1. The molecule has 8 nitrogen and oxygen atoms in total. The van der Waals surface area contributed by atoms with Crippen molar-refractivity contribution in [2.75, 3.05) is 45.8 Å². The fourth-order valence-electron chi connectivity index (χ4n) is 3.47. The highest BCUT2D eigenvalue weighted by molar-refractivity contribution is 7.89. The number of amides is 2. The number of piperazine rings is 2. The molecular weight excluding hydrogens is 368 g/mol. The summed E-state index contributed by atoms with van der Waals surface area (Å²) in [5.74, 6) is -0.125. The van der Waals surface area contributed by atoms with Crippen molar-refractivity contribution in [3.8, 4) is 0 Å². The molecule has 2 saturated heterocycles. The summed E-state index contributed by atoms with van der Waals surface area (Å²) in [6.07, 6.45) is 0. The van der Waals surface area contributed by atoms with Crippen LogP contribution in [0, 0.1) is 0 Å². The third kappa shape index (κ3) is 4.15. The maximum atomic E-state index is 12.8. The molecule has 0 saturated carbocycles. The summed E-state index contributed by atoms with van der Waals surface area (Å²) in [5.41, 5.74) is 0.490. The Kier molecular flexibility index (Phi) is 5.83. The Hall–Kier alpha value is -1.97. The molecule has 1 unspecified atom stereocenters. The smallest absolute Gasteiger partial charge is 0.254 e. The van der Waals surface area contributed by atoms with E-state index in [0.717, 1.165) is 13.1 Å². The van der Waals surface area contributed by atoms with E-state index < -0.39 is 10.0 Å². The van der Waals surface area contributed by atoms with Crippen LogP contribution >= 0.6 is 0 Å². The second-order valence-corrected chi connectivity index (χ2v) is 8.92. The second-order valence-electron chi connectivity index (χ2n) is 6.99. The zero-order valence-corrected chi connectivity index (χ0v) is 16.5. The van der Waals surface area contributed by atoms with Crippen LogP contribution in [0.5, 0.6) is 0 Å². The Morgan fingerprint density at radius 2 is 1.67 bits per heavy atom. The minimum Gasteiger partial charge on any atom is -0.340 e. The molecule has 2 aliphatic rings. The van der Waals surface area contributed by atoms with Crippen molar-refractivity contribution < 1.29 is 18.0 Å². The van der Waals surface area contributed by atoms with E-state index in [9.17, 15) is 18.0 Å². The van der Waals surface area contributed by atoms with Crippen molar-refractivity contribution >= 4 is 21.8 Å². The number of hydrogen-bond acceptors (Lipinski definition) is 5. The van der Waals surface area contributed by atoms with Gasteiger partial charge in [-0.2, -0.15) is 4.31 Å². The number of benzene rings is 1. The summed E-state index contributed by atoms with van der Waals surface area (Å²) >= 11 is 0. The highest BCUT2D eigenvalue weighted by Crippen LogP contribution is 2.19. The molecule has 1 aromatic rings. The normalized spacial score (nSPS) is 21.9. The molecule has 2 aliphatic heterocycles. The summed E-state index contributed by atoms with van der Waals surface area (Å²) in [4.78, 5) is 27.7. The number of carbonyl (C=O) groups excluding carboxylic acids is 2. The predicted octanol–water partition coefficient (Wildman–Crippen LogP) is -0.0267. The van der Waals surface area contributed by atoms with Crippen molar-refractivity contribution in [3.63, 3.8) is 0 Å². The molecular formula is C18H26N4O4S. The molecule has 2 heterocycles. The minimum atomic E-state index is -3.63. The van der Waals surface area contributed by atoms with E-state index in [-0.39, 0.29) is 35.8 Å². The maximum absolute atomic E-state index is 12.8. The molecule has 0 bridgehead atoms. The van der Waals surface area contributed by atoms with Crippen LogP contribution in [-0.2, 0) is 14.8 Å². The van der Waals surface area contributed by atoms with Gasteiger partial charge >= 0.3 is 0 Å². The van der Waals surface area contributed by atoms with E-state index in [1.54, 1.807) is 21.9 Å². The van der Waals surface area contributed by atoms with E-state index in [4.69, 9.17) is 0 Å². The topological polar surface area (TPSA) is 90.0 Å².